The molecule has 0 N–H and O–H groups in total. The maximum absolute atomic E-state index is 12.6. The largest absolute Gasteiger partial charge is 0.299 e. The summed E-state index contributed by atoms with van der Waals surface area (Å²) in [5, 5.41) is 0. The molecule has 0 atom stereocenters. The number of carbonyl (C=O) groups excluding carboxylic acids is 1. The van der Waals surface area contributed by atoms with Crippen LogP contribution in [0.25, 0.3) is 0 Å². The molecule has 0 aliphatic carbocycles. The molecule has 0 aliphatic rings. The molecule has 0 saturated carbocycles. The summed E-state index contributed by atoms with van der Waals surface area (Å²) in [4.78, 5) is 12.6. The maximum Gasteiger partial charge on any atom is 0.138 e. The summed E-state index contributed by atoms with van der Waals surface area (Å²) >= 11 is 0. The van der Waals surface area contributed by atoms with E-state index < -0.39 is 0 Å². The van der Waals surface area contributed by atoms with E-state index in [0.717, 1.165) is 38.4 Å². The predicted molar refractivity (Wildman–Crippen MR) is 136 cm³/mol. The Bertz CT molecular complexity index is 424. The average Bonchev–Trinajstić information content (AvgIpc) is 2.70. The molecule has 174 valence electrons. The zero-order valence-corrected chi connectivity index (χ0v) is 21.2. The highest BCUT2D eigenvalue weighted by Gasteiger charge is 2.27. The fraction of sp³-hybridized carbons (Fsp3) is 0.893. The van der Waals surface area contributed by atoms with E-state index in [2.05, 4.69) is 34.3 Å². The van der Waals surface area contributed by atoms with Gasteiger partial charge in [-0.25, -0.2) is 0 Å². The lowest BCUT2D eigenvalue weighted by molar-refractivity contribution is -0.127. The number of rotatable bonds is 22. The molecule has 0 aromatic rings. The topological polar surface area (TPSA) is 17.1 Å². The Morgan fingerprint density at radius 2 is 1.07 bits per heavy atom. The van der Waals surface area contributed by atoms with Gasteiger partial charge < -0.3 is 0 Å². The average molecular weight is 417 g/mol. The number of hydrogen-bond acceptors (Lipinski definition) is 1. The van der Waals surface area contributed by atoms with Crippen molar-refractivity contribution in [3.63, 3.8) is 0 Å². The molecule has 30 heavy (non-hydrogen) atoms. The molecule has 0 aliphatic heterocycles. The van der Waals surface area contributed by atoms with E-state index in [1.165, 1.54) is 83.5 Å². The van der Waals surface area contributed by atoms with Crippen LogP contribution in [0.5, 0.6) is 0 Å². The molecular weight excluding hydrogens is 363 g/mol. The lowest BCUT2D eigenvalue weighted by Crippen LogP contribution is -2.24. The van der Waals surface area contributed by atoms with Crippen molar-refractivity contribution in [1.29, 1.82) is 0 Å². The summed E-state index contributed by atoms with van der Waals surface area (Å²) in [6.07, 6.45) is 25.4. The molecule has 0 rings (SSSR count). The van der Waals surface area contributed by atoms with Crippen LogP contribution in [-0.2, 0) is 4.79 Å². The Morgan fingerprint density at radius 3 is 1.47 bits per heavy atom. The van der Waals surface area contributed by atoms with Crippen LogP contribution in [0.1, 0.15) is 143 Å². The Morgan fingerprint density at radius 1 is 0.667 bits per heavy atom. The first-order valence-corrected chi connectivity index (χ1v) is 13.1. The van der Waals surface area contributed by atoms with Crippen molar-refractivity contribution in [2.45, 2.75) is 150 Å². The summed E-state index contributed by atoms with van der Waals surface area (Å²) in [5.74, 6) is 0.460. The van der Waals surface area contributed by atoms with Gasteiger partial charge in [-0.1, -0.05) is 130 Å². The second-order valence-electron chi connectivity index (χ2n) is 10.8. The van der Waals surface area contributed by atoms with Gasteiger partial charge in [0.15, 0.2) is 0 Å². The third kappa shape index (κ3) is 17.2. The first kappa shape index (κ1) is 29.5. The van der Waals surface area contributed by atoms with E-state index in [9.17, 15) is 4.79 Å². The fourth-order valence-corrected chi connectivity index (χ4v) is 4.12. The SMILES string of the molecule is [B]CCCCCCCCCCCCCCCCC(=O)C(C)(C)CCCC(C)(C)C=C. The molecule has 0 bridgehead atoms. The molecule has 0 fully saturated rings. The number of carbonyl (C=O) groups is 1. The summed E-state index contributed by atoms with van der Waals surface area (Å²) in [7, 11) is 5.52. The first-order valence-electron chi connectivity index (χ1n) is 13.1. The van der Waals surface area contributed by atoms with Crippen molar-refractivity contribution < 1.29 is 4.79 Å². The highest BCUT2D eigenvalue weighted by atomic mass is 16.1. The lowest BCUT2D eigenvalue weighted by atomic mass is 9.78. The molecule has 2 heteroatoms. The summed E-state index contributed by atoms with van der Waals surface area (Å²) in [5.41, 5.74) is 0.0191. The third-order valence-electron chi connectivity index (χ3n) is 6.79. The Balaban J connectivity index is 3.52. The number of Topliss-reactive ketones (excluding diaryl/α,β-unsaturated/α-hetero) is 1. The van der Waals surface area contributed by atoms with E-state index in [4.69, 9.17) is 7.85 Å². The zero-order valence-electron chi connectivity index (χ0n) is 21.2. The predicted octanol–water partition coefficient (Wildman–Crippen LogP) is 9.40. The monoisotopic (exact) mass is 416 g/mol. The molecule has 0 spiro atoms. The molecule has 0 aromatic heterocycles. The summed E-state index contributed by atoms with van der Waals surface area (Å²) < 4.78 is 0. The summed E-state index contributed by atoms with van der Waals surface area (Å²) in [6, 6.07) is 0. The van der Waals surface area contributed by atoms with E-state index in [0.29, 0.717) is 5.78 Å². The highest BCUT2D eigenvalue weighted by molar-refractivity contribution is 6.08. The zero-order chi connectivity index (χ0) is 22.7. The molecule has 2 radical (unpaired) electrons. The van der Waals surface area contributed by atoms with Gasteiger partial charge in [0.2, 0.25) is 0 Å². The standard InChI is InChI=1S/C28H53BO/c1-6-27(2,3)23-21-24-28(4,5)26(30)22-19-17-15-13-11-9-7-8-10-12-14-16-18-20-25-29/h6H,1,7-25H2,2-5H3. The normalized spacial score (nSPS) is 12.3. The van der Waals surface area contributed by atoms with Gasteiger partial charge in [0.25, 0.3) is 0 Å². The van der Waals surface area contributed by atoms with Gasteiger partial charge in [-0.15, -0.1) is 6.58 Å². The van der Waals surface area contributed by atoms with Crippen molar-refractivity contribution in [3.05, 3.63) is 12.7 Å². The molecule has 1 nitrogen and oxygen atoms in total. The number of unbranched alkanes of at least 4 members (excludes halogenated alkanes) is 13. The van der Waals surface area contributed by atoms with Gasteiger partial charge in [0, 0.05) is 11.8 Å². The minimum Gasteiger partial charge on any atom is -0.299 e. The fourth-order valence-electron chi connectivity index (χ4n) is 4.12. The Kier molecular flexibility index (Phi) is 17.8. The first-order chi connectivity index (χ1) is 14.2. The van der Waals surface area contributed by atoms with Crippen LogP contribution in [-0.4, -0.2) is 13.6 Å². The molecule has 0 amide bonds. The number of ketones is 1. The van der Waals surface area contributed by atoms with Crippen LogP contribution in [0.3, 0.4) is 0 Å². The van der Waals surface area contributed by atoms with Crippen LogP contribution in [0, 0.1) is 10.8 Å². The smallest absolute Gasteiger partial charge is 0.138 e. The number of hydrogen-bond donors (Lipinski definition) is 0. The minimum absolute atomic E-state index is 0.165. The maximum atomic E-state index is 12.6. The van der Waals surface area contributed by atoms with Crippen molar-refractivity contribution >= 4 is 13.6 Å². The molecule has 0 unspecified atom stereocenters. The lowest BCUT2D eigenvalue weighted by Gasteiger charge is -2.26. The minimum atomic E-state index is -0.165. The quantitative estimate of drug-likeness (QED) is 0.0975. The van der Waals surface area contributed by atoms with E-state index in [-0.39, 0.29) is 10.8 Å². The van der Waals surface area contributed by atoms with Crippen LogP contribution in [0.15, 0.2) is 12.7 Å². The van der Waals surface area contributed by atoms with Crippen molar-refractivity contribution in [2.24, 2.45) is 10.8 Å². The van der Waals surface area contributed by atoms with Gasteiger partial charge in [0.1, 0.15) is 5.78 Å². The number of allylic oxidation sites excluding steroid dienone is 1. The highest BCUT2D eigenvalue weighted by Crippen LogP contribution is 2.31. The second-order valence-corrected chi connectivity index (χ2v) is 10.8. The van der Waals surface area contributed by atoms with Crippen LogP contribution < -0.4 is 0 Å². The van der Waals surface area contributed by atoms with Crippen molar-refractivity contribution in [3.8, 4) is 0 Å². The van der Waals surface area contributed by atoms with Crippen LogP contribution in [0.2, 0.25) is 6.32 Å². The van der Waals surface area contributed by atoms with Crippen molar-refractivity contribution in [2.75, 3.05) is 0 Å². The second kappa shape index (κ2) is 18.1. The van der Waals surface area contributed by atoms with Gasteiger partial charge >= 0.3 is 0 Å². The van der Waals surface area contributed by atoms with Crippen LogP contribution in [0.4, 0.5) is 0 Å². The van der Waals surface area contributed by atoms with Gasteiger partial charge in [0.05, 0.1) is 7.85 Å². The van der Waals surface area contributed by atoms with Crippen LogP contribution >= 0.6 is 0 Å². The van der Waals surface area contributed by atoms with Gasteiger partial charge in [-0.05, 0) is 24.7 Å². The third-order valence-corrected chi connectivity index (χ3v) is 6.79. The Hall–Kier alpha value is -0.525. The summed E-state index contributed by atoms with van der Waals surface area (Å²) in [6.45, 7) is 12.6. The van der Waals surface area contributed by atoms with E-state index in [1.807, 2.05) is 6.08 Å². The molecule has 0 aromatic carbocycles. The molecular formula is C28H53BO. The van der Waals surface area contributed by atoms with Gasteiger partial charge in [-0.3, -0.25) is 4.79 Å². The van der Waals surface area contributed by atoms with Gasteiger partial charge in [-0.2, -0.15) is 0 Å². The molecule has 0 heterocycles. The molecule has 0 saturated heterocycles. The van der Waals surface area contributed by atoms with E-state index >= 15 is 0 Å². The van der Waals surface area contributed by atoms with E-state index in [1.54, 1.807) is 0 Å². The Labute approximate surface area is 191 Å². The van der Waals surface area contributed by atoms with Crippen molar-refractivity contribution in [1.82, 2.24) is 0 Å².